The maximum absolute atomic E-state index is 14.4. The molecule has 2 unspecified atom stereocenters. The number of nitrogens with two attached hydrogens (primary N) is 2. The molecule has 34 heteroatoms. The summed E-state index contributed by atoms with van der Waals surface area (Å²) < 4.78 is 79.2. The lowest BCUT2D eigenvalue weighted by Crippen LogP contribution is -2.48. The van der Waals surface area contributed by atoms with Crippen LogP contribution in [-0.4, -0.2) is 152 Å². The van der Waals surface area contributed by atoms with E-state index in [1.807, 2.05) is 20.8 Å². The smallest absolute Gasteiger partial charge is 0.455 e. The average molecular weight is 1100 g/mol. The number of carbonyl (C=O) groups is 2. The number of imidazole rings is 1. The zero-order valence-corrected chi connectivity index (χ0v) is 42.6. The number of azide groups is 1. The normalized spacial score (nSPS) is 25.5. The van der Waals surface area contributed by atoms with Crippen molar-refractivity contribution in [1.82, 2.24) is 34.2 Å². The molecule has 8 N–H and O–H groups in total. The summed E-state index contributed by atoms with van der Waals surface area (Å²) in [7, 11) is -6.72. The van der Waals surface area contributed by atoms with Gasteiger partial charge in [0.15, 0.2) is 30.7 Å². The number of aromatic nitrogens is 6. The van der Waals surface area contributed by atoms with E-state index in [1.165, 1.54) is 70.1 Å². The predicted octanol–water partition coefficient (Wildman–Crippen LogP) is 3.21. The Balaban J connectivity index is 1.15. The van der Waals surface area contributed by atoms with E-state index in [9.17, 15) is 43.3 Å². The quantitative estimate of drug-likeness (QED) is 0.0174. The highest BCUT2D eigenvalue weighted by molar-refractivity contribution is 8.77. The molecule has 73 heavy (non-hydrogen) atoms. The Morgan fingerprint density at radius 3 is 2.42 bits per heavy atom. The van der Waals surface area contributed by atoms with Crippen molar-refractivity contribution in [3.8, 4) is 0 Å². The number of phosphoric ester groups is 2. The molecular formula is C39H52N12O18P2S2. The van der Waals surface area contributed by atoms with Crippen molar-refractivity contribution in [3.63, 3.8) is 0 Å². The molecule has 0 bridgehead atoms. The van der Waals surface area contributed by atoms with Crippen molar-refractivity contribution in [2.24, 2.45) is 5.11 Å². The Bertz CT molecular complexity index is 2790. The largest absolute Gasteiger partial charge is 0.472 e. The minimum Gasteiger partial charge on any atom is -0.455 e. The summed E-state index contributed by atoms with van der Waals surface area (Å²) in [5.41, 5.74) is 20.7. The van der Waals surface area contributed by atoms with Gasteiger partial charge in [0.25, 0.3) is 0 Å². The lowest BCUT2D eigenvalue weighted by Gasteiger charge is -2.30. The minimum absolute atomic E-state index is 0.0592. The second-order valence-corrected chi connectivity index (χ2v) is 23.2. The molecule has 3 saturated heterocycles. The molecule has 398 valence electrons. The van der Waals surface area contributed by atoms with Crippen LogP contribution in [0, 0.1) is 0 Å². The number of phosphoric acid groups is 2. The maximum atomic E-state index is 14.4. The molecule has 4 aromatic rings. The number of carbonyl (C=O) groups excluding carboxylic acids is 2. The summed E-state index contributed by atoms with van der Waals surface area (Å²) >= 11 is 0. The van der Waals surface area contributed by atoms with Crippen molar-refractivity contribution in [1.29, 1.82) is 0 Å². The Morgan fingerprint density at radius 1 is 1.04 bits per heavy atom. The standard InChI is InChI=1S/C39H52N12O18P2S2/c1-39(2,3)73-72-18-23(49(4)38(55)62-15-20-7-9-21(10-8-20)46-48-42)36(53)68-30-24(65-34(29(30)52)51-19-43-28-22(51)14-44-47-33(28)41)17-64-71(59,60)69-31-25(16-63-70(56,57)58)66-35(32(31)67-27-6-5-13-61-27)50-12-11-26(40)45-37(50)54/h7-12,14,19,23-25,27,29-32,34-35,52H,5-6,13,15-18H2,1-4H3,(H2,41,47)(H,59,60)(H2,40,45,54)(H2,56,57,58)/t23-,24+,25+,27?,29+,30+,31+,32+,34+,35+/m0/s1. The molecule has 1 aromatic carbocycles. The highest BCUT2D eigenvalue weighted by atomic mass is 33.1. The Hall–Kier alpha value is -4.98. The monoisotopic (exact) mass is 1100 g/mol. The first-order valence-corrected chi connectivity index (χ1v) is 27.3. The number of esters is 1. The Morgan fingerprint density at radius 2 is 1.75 bits per heavy atom. The van der Waals surface area contributed by atoms with Crippen LogP contribution in [0.15, 0.2) is 59.0 Å². The molecule has 3 fully saturated rings. The molecule has 6 heterocycles. The maximum Gasteiger partial charge on any atom is 0.472 e. The van der Waals surface area contributed by atoms with E-state index >= 15 is 0 Å². The Labute approximate surface area is 422 Å². The summed E-state index contributed by atoms with van der Waals surface area (Å²) in [6, 6.07) is 6.07. The van der Waals surface area contributed by atoms with Crippen molar-refractivity contribution in [2.45, 2.75) is 106 Å². The van der Waals surface area contributed by atoms with Gasteiger partial charge in [-0.05, 0) is 23.6 Å². The molecule has 3 aliphatic heterocycles. The van der Waals surface area contributed by atoms with Gasteiger partial charge < -0.3 is 59.7 Å². The second kappa shape index (κ2) is 23.7. The lowest BCUT2D eigenvalue weighted by atomic mass is 10.1. The van der Waals surface area contributed by atoms with E-state index in [-0.39, 0.29) is 46.4 Å². The van der Waals surface area contributed by atoms with Gasteiger partial charge >= 0.3 is 33.4 Å². The molecule has 0 aliphatic carbocycles. The number of hydrogen-bond acceptors (Lipinski definition) is 24. The van der Waals surface area contributed by atoms with Crippen LogP contribution >= 0.6 is 37.2 Å². The highest BCUT2D eigenvalue weighted by Gasteiger charge is 2.54. The van der Waals surface area contributed by atoms with Gasteiger partial charge in [0, 0.05) is 47.4 Å². The van der Waals surface area contributed by atoms with E-state index in [4.69, 9.17) is 59.0 Å². The van der Waals surface area contributed by atoms with Crippen LogP contribution in [0.5, 0.6) is 0 Å². The third-order valence-corrected chi connectivity index (χ3v) is 15.8. The van der Waals surface area contributed by atoms with Gasteiger partial charge in [0.05, 0.1) is 31.3 Å². The van der Waals surface area contributed by atoms with Crippen molar-refractivity contribution in [3.05, 3.63) is 75.5 Å². The first-order chi connectivity index (χ1) is 34.5. The van der Waals surface area contributed by atoms with Crippen molar-refractivity contribution in [2.75, 3.05) is 44.1 Å². The molecule has 7 rings (SSSR count). The summed E-state index contributed by atoms with van der Waals surface area (Å²) in [6.45, 7) is 3.91. The zero-order chi connectivity index (χ0) is 52.8. The summed E-state index contributed by atoms with van der Waals surface area (Å²) in [4.78, 5) is 83.3. The predicted molar refractivity (Wildman–Crippen MR) is 256 cm³/mol. The van der Waals surface area contributed by atoms with E-state index in [0.29, 0.717) is 24.1 Å². The average Bonchev–Trinajstić information content (AvgIpc) is 4.13. The van der Waals surface area contributed by atoms with Crippen molar-refractivity contribution >= 4 is 77.7 Å². The summed E-state index contributed by atoms with van der Waals surface area (Å²) in [5.74, 6) is -1.34. The third-order valence-electron chi connectivity index (χ3n) is 10.9. The van der Waals surface area contributed by atoms with Gasteiger partial charge in [0.2, 0.25) is 0 Å². The zero-order valence-electron chi connectivity index (χ0n) is 39.2. The summed E-state index contributed by atoms with van der Waals surface area (Å²) in [5, 5.41) is 23.1. The Kier molecular flexibility index (Phi) is 18.1. The van der Waals surface area contributed by atoms with Crippen LogP contribution in [0.1, 0.15) is 51.6 Å². The van der Waals surface area contributed by atoms with E-state index in [2.05, 4.69) is 30.2 Å². The molecular weight excluding hydrogens is 1050 g/mol. The number of rotatable bonds is 21. The van der Waals surface area contributed by atoms with Gasteiger partial charge in [-0.25, -0.2) is 28.5 Å². The molecule has 1 amide bonds. The van der Waals surface area contributed by atoms with Crippen LogP contribution in [0.3, 0.4) is 0 Å². The molecule has 3 aliphatic rings. The van der Waals surface area contributed by atoms with Crippen LogP contribution in [0.4, 0.5) is 22.1 Å². The fourth-order valence-corrected chi connectivity index (χ4v) is 11.4. The fourth-order valence-electron chi connectivity index (χ4n) is 7.54. The minimum atomic E-state index is -5.47. The van der Waals surface area contributed by atoms with E-state index in [1.54, 1.807) is 12.1 Å². The topological polar surface area (TPSA) is 415 Å². The number of amides is 1. The van der Waals surface area contributed by atoms with Gasteiger partial charge in [-0.15, -0.1) is 5.10 Å². The lowest BCUT2D eigenvalue weighted by molar-refractivity contribution is -0.181. The molecule has 0 saturated carbocycles. The number of fused-ring (bicyclic) bond motifs is 1. The first kappa shape index (κ1) is 55.8. The summed E-state index contributed by atoms with van der Waals surface area (Å²) in [6.07, 6.45) is -10.5. The van der Waals surface area contributed by atoms with Gasteiger partial charge in [-0.1, -0.05) is 71.7 Å². The van der Waals surface area contributed by atoms with Crippen LogP contribution in [0.25, 0.3) is 21.5 Å². The number of anilines is 2. The van der Waals surface area contributed by atoms with Crippen LogP contribution in [-0.2, 0) is 62.5 Å². The molecule has 0 radical (unpaired) electrons. The third kappa shape index (κ3) is 14.5. The number of aliphatic hydroxyl groups excluding tert-OH is 1. The molecule has 30 nitrogen and oxygen atoms in total. The van der Waals surface area contributed by atoms with Crippen LogP contribution < -0.4 is 17.2 Å². The number of hydrogen-bond donors (Lipinski definition) is 6. The van der Waals surface area contributed by atoms with Gasteiger partial charge in [-0.3, -0.25) is 27.6 Å². The first-order valence-electron chi connectivity index (χ1n) is 22.0. The van der Waals surface area contributed by atoms with Gasteiger partial charge in [0.1, 0.15) is 54.5 Å². The number of ether oxygens (including phenoxy) is 6. The number of nitrogens with zero attached hydrogens (tertiary/aromatic N) is 10. The van der Waals surface area contributed by atoms with E-state index < -0.39 is 108 Å². The molecule has 3 aromatic heterocycles. The number of benzene rings is 1. The van der Waals surface area contributed by atoms with Crippen molar-refractivity contribution < 1.29 is 80.5 Å². The van der Waals surface area contributed by atoms with E-state index in [0.717, 1.165) is 9.47 Å². The second-order valence-electron chi connectivity index (χ2n) is 17.4. The SMILES string of the molecule is CN(C(=O)OCc1ccc(N=[N+]=[N-])cc1)[C@@H](CSSC(C)(C)C)C(=O)O[C@H]1[C@@H](O)[C@H](n2cnc3c(N)nncc32)O[C@@H]1COP(=O)(O)O[C@H]1[C@@H](OC2CCCO2)[C@H](n2ccc(N)nc2=O)O[C@@H]1COP(=O)(O)O. The number of nitrogen functional groups attached to an aromatic ring is 2. The fraction of sp³-hybridized carbons (Fsp3) is 0.564. The molecule has 0 spiro atoms. The molecule has 11 atom stereocenters. The van der Waals surface area contributed by atoms with Gasteiger partial charge in [-0.2, -0.15) is 10.1 Å². The van der Waals surface area contributed by atoms with Crippen LogP contribution in [0.2, 0.25) is 0 Å². The number of aliphatic hydroxyl groups is 1. The highest BCUT2D eigenvalue weighted by Crippen LogP contribution is 2.51. The number of likely N-dealkylation sites (N-methyl/N-ethyl adjacent to an activating group) is 1.